The standard InChI is InChI=1S/C21H20BrNO2/c1-14(2)16-10-11-20(18(22)12-16)25-13-21(24)23-19-9-5-7-15-6-3-4-8-17(15)19/h3-12,14H,13H2,1-2H3,(H,23,24). The number of hydrogen-bond donors (Lipinski definition) is 1. The topological polar surface area (TPSA) is 38.3 Å². The Hall–Kier alpha value is -2.33. The van der Waals surface area contributed by atoms with Crippen LogP contribution in [0, 0.1) is 0 Å². The Morgan fingerprint density at radius 1 is 1.08 bits per heavy atom. The maximum atomic E-state index is 12.3. The molecule has 1 amide bonds. The van der Waals surface area contributed by atoms with Crippen LogP contribution >= 0.6 is 15.9 Å². The first kappa shape index (κ1) is 17.5. The molecule has 0 aromatic heterocycles. The van der Waals surface area contributed by atoms with Crippen molar-refractivity contribution in [2.24, 2.45) is 0 Å². The second-order valence-electron chi connectivity index (χ2n) is 6.21. The number of fused-ring (bicyclic) bond motifs is 1. The summed E-state index contributed by atoms with van der Waals surface area (Å²) >= 11 is 3.51. The molecule has 3 nitrogen and oxygen atoms in total. The molecule has 0 bridgehead atoms. The minimum atomic E-state index is -0.184. The van der Waals surface area contributed by atoms with E-state index in [1.807, 2.05) is 60.7 Å². The van der Waals surface area contributed by atoms with Crippen LogP contribution in [0.2, 0.25) is 0 Å². The van der Waals surface area contributed by atoms with Gasteiger partial charge < -0.3 is 10.1 Å². The molecule has 1 N–H and O–H groups in total. The zero-order valence-electron chi connectivity index (χ0n) is 14.3. The van der Waals surface area contributed by atoms with E-state index in [1.54, 1.807) is 0 Å². The molecule has 0 unspecified atom stereocenters. The first-order valence-corrected chi connectivity index (χ1v) is 9.04. The number of halogens is 1. The highest BCUT2D eigenvalue weighted by Crippen LogP contribution is 2.29. The van der Waals surface area contributed by atoms with Crippen molar-refractivity contribution in [3.8, 4) is 5.75 Å². The average Bonchev–Trinajstić information content (AvgIpc) is 2.61. The van der Waals surface area contributed by atoms with Crippen LogP contribution in [0.15, 0.2) is 65.1 Å². The van der Waals surface area contributed by atoms with Crippen molar-refractivity contribution in [3.63, 3.8) is 0 Å². The van der Waals surface area contributed by atoms with E-state index in [9.17, 15) is 4.79 Å². The van der Waals surface area contributed by atoms with E-state index in [-0.39, 0.29) is 12.5 Å². The molecule has 0 heterocycles. The maximum Gasteiger partial charge on any atom is 0.262 e. The Labute approximate surface area is 156 Å². The fourth-order valence-electron chi connectivity index (χ4n) is 2.66. The fourth-order valence-corrected chi connectivity index (χ4v) is 3.17. The lowest BCUT2D eigenvalue weighted by Crippen LogP contribution is -2.20. The van der Waals surface area contributed by atoms with Crippen LogP contribution in [0.25, 0.3) is 10.8 Å². The van der Waals surface area contributed by atoms with E-state index in [4.69, 9.17) is 4.74 Å². The van der Waals surface area contributed by atoms with E-state index in [0.29, 0.717) is 11.7 Å². The molecule has 0 radical (unpaired) electrons. The molecule has 0 saturated carbocycles. The second kappa shape index (κ2) is 7.70. The highest BCUT2D eigenvalue weighted by Gasteiger charge is 2.09. The molecule has 128 valence electrons. The minimum absolute atomic E-state index is 0.0388. The Bertz CT molecular complexity index is 900. The highest BCUT2D eigenvalue weighted by molar-refractivity contribution is 9.10. The summed E-state index contributed by atoms with van der Waals surface area (Å²) in [5.41, 5.74) is 2.01. The number of rotatable bonds is 5. The summed E-state index contributed by atoms with van der Waals surface area (Å²) in [5, 5.41) is 5.03. The monoisotopic (exact) mass is 397 g/mol. The summed E-state index contributed by atoms with van der Waals surface area (Å²) in [6, 6.07) is 19.8. The Morgan fingerprint density at radius 3 is 2.60 bits per heavy atom. The van der Waals surface area contributed by atoms with Gasteiger partial charge in [0.1, 0.15) is 5.75 Å². The minimum Gasteiger partial charge on any atom is -0.483 e. The van der Waals surface area contributed by atoms with Crippen LogP contribution < -0.4 is 10.1 Å². The smallest absolute Gasteiger partial charge is 0.262 e. The van der Waals surface area contributed by atoms with E-state index < -0.39 is 0 Å². The highest BCUT2D eigenvalue weighted by atomic mass is 79.9. The van der Waals surface area contributed by atoms with Gasteiger partial charge in [-0.2, -0.15) is 0 Å². The third-order valence-corrected chi connectivity index (χ3v) is 4.66. The van der Waals surface area contributed by atoms with Gasteiger partial charge in [0, 0.05) is 11.1 Å². The van der Waals surface area contributed by atoms with Gasteiger partial charge in [0.15, 0.2) is 6.61 Å². The summed E-state index contributed by atoms with van der Waals surface area (Å²) in [6.45, 7) is 4.24. The van der Waals surface area contributed by atoms with E-state index in [0.717, 1.165) is 20.9 Å². The molecule has 0 aliphatic carbocycles. The summed E-state index contributed by atoms with van der Waals surface area (Å²) < 4.78 is 6.52. The normalized spacial score (nSPS) is 10.9. The number of carbonyl (C=O) groups is 1. The van der Waals surface area contributed by atoms with Crippen molar-refractivity contribution in [2.45, 2.75) is 19.8 Å². The molecule has 3 rings (SSSR count). The number of amides is 1. The molecule has 0 saturated heterocycles. The molecule has 25 heavy (non-hydrogen) atoms. The average molecular weight is 398 g/mol. The van der Waals surface area contributed by atoms with Crippen molar-refractivity contribution in [3.05, 3.63) is 70.7 Å². The largest absolute Gasteiger partial charge is 0.483 e. The first-order chi connectivity index (χ1) is 12.0. The van der Waals surface area contributed by atoms with Gasteiger partial charge in [-0.1, -0.05) is 56.3 Å². The van der Waals surface area contributed by atoms with Crippen molar-refractivity contribution in [1.82, 2.24) is 0 Å². The molecule has 0 atom stereocenters. The maximum absolute atomic E-state index is 12.3. The Morgan fingerprint density at radius 2 is 1.84 bits per heavy atom. The third kappa shape index (κ3) is 4.20. The summed E-state index contributed by atoms with van der Waals surface area (Å²) in [5.74, 6) is 0.925. The van der Waals surface area contributed by atoms with Crippen LogP contribution in [0.1, 0.15) is 25.3 Å². The van der Waals surface area contributed by atoms with Gasteiger partial charge in [0.25, 0.3) is 5.91 Å². The van der Waals surface area contributed by atoms with Crippen molar-refractivity contribution >= 4 is 38.3 Å². The van der Waals surface area contributed by atoms with Crippen LogP contribution in [0.5, 0.6) is 5.75 Å². The number of ether oxygens (including phenoxy) is 1. The van der Waals surface area contributed by atoms with Crippen molar-refractivity contribution in [2.75, 3.05) is 11.9 Å². The van der Waals surface area contributed by atoms with Gasteiger partial charge in [-0.05, 0) is 51.0 Å². The van der Waals surface area contributed by atoms with Crippen LogP contribution in [-0.4, -0.2) is 12.5 Å². The number of anilines is 1. The predicted octanol–water partition coefficient (Wildman–Crippen LogP) is 5.74. The molecule has 3 aromatic carbocycles. The lowest BCUT2D eigenvalue weighted by atomic mass is 10.0. The van der Waals surface area contributed by atoms with Gasteiger partial charge in [-0.15, -0.1) is 0 Å². The quantitative estimate of drug-likeness (QED) is 0.595. The lowest BCUT2D eigenvalue weighted by Gasteiger charge is -2.12. The number of carbonyl (C=O) groups excluding carboxylic acids is 1. The van der Waals surface area contributed by atoms with E-state index in [1.165, 1.54) is 5.56 Å². The van der Waals surface area contributed by atoms with Crippen LogP contribution in [0.3, 0.4) is 0 Å². The van der Waals surface area contributed by atoms with Crippen LogP contribution in [0.4, 0.5) is 5.69 Å². The summed E-state index contributed by atoms with van der Waals surface area (Å²) in [4.78, 5) is 12.3. The van der Waals surface area contributed by atoms with Gasteiger partial charge in [-0.3, -0.25) is 4.79 Å². The SMILES string of the molecule is CC(C)c1ccc(OCC(=O)Nc2cccc3ccccc23)c(Br)c1. The Kier molecular flexibility index (Phi) is 5.39. The number of benzene rings is 3. The molecular formula is C21H20BrNO2. The van der Waals surface area contributed by atoms with Crippen molar-refractivity contribution < 1.29 is 9.53 Å². The molecule has 4 heteroatoms. The van der Waals surface area contributed by atoms with Gasteiger partial charge in [0.05, 0.1) is 4.47 Å². The lowest BCUT2D eigenvalue weighted by molar-refractivity contribution is -0.118. The third-order valence-electron chi connectivity index (χ3n) is 4.05. The van der Waals surface area contributed by atoms with Gasteiger partial charge >= 0.3 is 0 Å². The fraction of sp³-hybridized carbons (Fsp3) is 0.190. The zero-order chi connectivity index (χ0) is 17.8. The molecular weight excluding hydrogens is 378 g/mol. The summed E-state index contributed by atoms with van der Waals surface area (Å²) in [6.07, 6.45) is 0. The molecule has 0 aliphatic rings. The molecule has 3 aromatic rings. The van der Waals surface area contributed by atoms with Gasteiger partial charge in [-0.25, -0.2) is 0 Å². The van der Waals surface area contributed by atoms with Crippen LogP contribution in [-0.2, 0) is 4.79 Å². The number of hydrogen-bond acceptors (Lipinski definition) is 2. The first-order valence-electron chi connectivity index (χ1n) is 8.24. The molecule has 0 spiro atoms. The van der Waals surface area contributed by atoms with E-state index >= 15 is 0 Å². The van der Waals surface area contributed by atoms with Crippen molar-refractivity contribution in [1.29, 1.82) is 0 Å². The Balaban J connectivity index is 1.67. The van der Waals surface area contributed by atoms with E-state index in [2.05, 4.69) is 35.1 Å². The zero-order valence-corrected chi connectivity index (χ0v) is 15.8. The number of nitrogens with one attached hydrogen (secondary N) is 1. The second-order valence-corrected chi connectivity index (χ2v) is 7.06. The summed E-state index contributed by atoms with van der Waals surface area (Å²) in [7, 11) is 0. The van der Waals surface area contributed by atoms with Gasteiger partial charge in [0.2, 0.25) is 0 Å². The molecule has 0 fully saturated rings. The molecule has 0 aliphatic heterocycles. The predicted molar refractivity (Wildman–Crippen MR) is 106 cm³/mol.